The first kappa shape index (κ1) is 8.28. The molecule has 1 atom stereocenters. The quantitative estimate of drug-likeness (QED) is 0.648. The first-order valence-electron chi connectivity index (χ1n) is 2.70. The second kappa shape index (κ2) is 3.33. The van der Waals surface area contributed by atoms with Crippen LogP contribution in [0.5, 0.6) is 0 Å². The Hall–Kier alpha value is 0.280. The number of nitrogens with zero attached hydrogens (tertiary/aromatic N) is 1. The maximum atomic E-state index is 8.54. The molecule has 46 valence electrons. The Labute approximate surface area is 64.0 Å². The van der Waals surface area contributed by atoms with Gasteiger partial charge in [0.2, 0.25) is 0 Å². The van der Waals surface area contributed by atoms with E-state index in [1.807, 2.05) is 6.92 Å². The predicted molar refractivity (Wildman–Crippen MR) is 36.0 cm³/mol. The van der Waals surface area contributed by atoms with Gasteiger partial charge < -0.3 is 0 Å². The molecule has 0 radical (unpaired) electrons. The monoisotopic (exact) mass is 227 g/mol. The first-order chi connectivity index (χ1) is 3.68. The Balaban J connectivity index is 3.83. The van der Waals surface area contributed by atoms with Crippen molar-refractivity contribution >= 4 is 22.3 Å². The Morgan fingerprint density at radius 1 is 1.75 bits per heavy atom. The van der Waals surface area contributed by atoms with Crippen molar-refractivity contribution in [1.82, 2.24) is 0 Å². The molecule has 0 aromatic heterocycles. The Bertz CT molecular complexity index is 99.6. The third kappa shape index (κ3) is 2.03. The SMILES string of the molecule is CCC(C)(C#N)C[TeH]. The molecule has 0 fully saturated rings. The van der Waals surface area contributed by atoms with E-state index in [1.54, 1.807) is 22.3 Å². The minimum absolute atomic E-state index is 0.0472. The van der Waals surface area contributed by atoms with Crippen LogP contribution in [0.15, 0.2) is 0 Å². The molecular weight excluding hydrogens is 214 g/mol. The summed E-state index contributed by atoms with van der Waals surface area (Å²) in [6.07, 6.45) is 0.971. The van der Waals surface area contributed by atoms with Crippen LogP contribution < -0.4 is 0 Å². The van der Waals surface area contributed by atoms with Gasteiger partial charge in [-0.15, -0.1) is 0 Å². The number of rotatable bonds is 2. The Morgan fingerprint density at radius 3 is 2.25 bits per heavy atom. The van der Waals surface area contributed by atoms with Crippen molar-refractivity contribution in [3.63, 3.8) is 0 Å². The molecule has 0 aliphatic rings. The second-order valence-electron chi connectivity index (χ2n) is 2.18. The average Bonchev–Trinajstić information content (AvgIpc) is 1.87. The third-order valence-electron chi connectivity index (χ3n) is 1.40. The van der Waals surface area contributed by atoms with Gasteiger partial charge in [-0.25, -0.2) is 0 Å². The van der Waals surface area contributed by atoms with E-state index in [0.717, 1.165) is 10.9 Å². The van der Waals surface area contributed by atoms with Crippen molar-refractivity contribution in [2.75, 3.05) is 0 Å². The van der Waals surface area contributed by atoms with Gasteiger partial charge in [0.05, 0.1) is 0 Å². The van der Waals surface area contributed by atoms with Crippen LogP contribution in [0.4, 0.5) is 0 Å². The molecule has 0 amide bonds. The van der Waals surface area contributed by atoms with E-state index in [1.165, 1.54) is 0 Å². The van der Waals surface area contributed by atoms with Gasteiger partial charge in [0, 0.05) is 0 Å². The molecule has 0 rings (SSSR count). The van der Waals surface area contributed by atoms with Crippen LogP contribution in [0.3, 0.4) is 0 Å². The van der Waals surface area contributed by atoms with Crippen LogP contribution in [0, 0.1) is 16.7 Å². The zero-order chi connectivity index (χ0) is 6.62. The molecule has 0 heterocycles. The summed E-state index contributed by atoms with van der Waals surface area (Å²) < 4.78 is 1.01. The van der Waals surface area contributed by atoms with Crippen molar-refractivity contribution in [2.45, 2.75) is 24.7 Å². The zero-order valence-corrected chi connectivity index (χ0v) is 7.86. The summed E-state index contributed by atoms with van der Waals surface area (Å²) in [6, 6.07) is 2.29. The molecule has 0 spiro atoms. The summed E-state index contributed by atoms with van der Waals surface area (Å²) >= 11 is 1.72. The van der Waals surface area contributed by atoms with Gasteiger partial charge in [-0.1, -0.05) is 0 Å². The standard InChI is InChI=1S/C6H11NTe/c1-3-6(2,4-7)5-8/h8H,3,5H2,1-2H3. The van der Waals surface area contributed by atoms with Crippen LogP contribution in [-0.2, 0) is 0 Å². The van der Waals surface area contributed by atoms with Crippen molar-refractivity contribution in [3.8, 4) is 6.07 Å². The summed E-state index contributed by atoms with van der Waals surface area (Å²) in [6.45, 7) is 4.06. The second-order valence-corrected chi connectivity index (χ2v) is 3.09. The molecule has 0 saturated heterocycles. The zero-order valence-electron chi connectivity index (χ0n) is 5.31. The van der Waals surface area contributed by atoms with Crippen LogP contribution in [0.2, 0.25) is 4.47 Å². The van der Waals surface area contributed by atoms with Crippen LogP contribution >= 0.6 is 0 Å². The number of hydrogen-bond donors (Lipinski definition) is 0. The van der Waals surface area contributed by atoms with Gasteiger partial charge in [-0.05, 0) is 0 Å². The van der Waals surface area contributed by atoms with E-state index in [2.05, 4.69) is 13.0 Å². The molecule has 0 N–H and O–H groups in total. The van der Waals surface area contributed by atoms with Gasteiger partial charge in [-0.3, -0.25) is 0 Å². The van der Waals surface area contributed by atoms with E-state index in [0.29, 0.717) is 0 Å². The third-order valence-corrected chi connectivity index (χ3v) is 3.39. The summed E-state index contributed by atoms with van der Waals surface area (Å²) in [5.74, 6) is 0. The molecule has 0 aromatic rings. The summed E-state index contributed by atoms with van der Waals surface area (Å²) in [5.41, 5.74) is -0.0472. The number of hydrogen-bond acceptors (Lipinski definition) is 1. The van der Waals surface area contributed by atoms with Gasteiger partial charge in [0.1, 0.15) is 0 Å². The molecule has 0 aliphatic carbocycles. The number of nitriles is 1. The molecule has 0 saturated carbocycles. The fraction of sp³-hybridized carbons (Fsp3) is 0.833. The van der Waals surface area contributed by atoms with Crippen LogP contribution in [-0.4, -0.2) is 22.3 Å². The Morgan fingerprint density at radius 2 is 2.25 bits per heavy atom. The summed E-state index contributed by atoms with van der Waals surface area (Å²) in [7, 11) is 0. The van der Waals surface area contributed by atoms with E-state index in [4.69, 9.17) is 5.26 Å². The fourth-order valence-corrected chi connectivity index (χ4v) is 1.07. The van der Waals surface area contributed by atoms with E-state index in [-0.39, 0.29) is 5.41 Å². The average molecular weight is 225 g/mol. The van der Waals surface area contributed by atoms with E-state index >= 15 is 0 Å². The molecule has 0 aromatic carbocycles. The van der Waals surface area contributed by atoms with Crippen LogP contribution in [0.25, 0.3) is 0 Å². The maximum absolute atomic E-state index is 8.54. The van der Waals surface area contributed by atoms with Gasteiger partial charge in [-0.2, -0.15) is 0 Å². The topological polar surface area (TPSA) is 23.8 Å². The van der Waals surface area contributed by atoms with Crippen molar-refractivity contribution in [3.05, 3.63) is 0 Å². The van der Waals surface area contributed by atoms with Crippen molar-refractivity contribution in [2.24, 2.45) is 5.41 Å². The summed E-state index contributed by atoms with van der Waals surface area (Å²) in [5, 5.41) is 8.54. The summed E-state index contributed by atoms with van der Waals surface area (Å²) in [4.78, 5) is 0. The molecule has 8 heavy (non-hydrogen) atoms. The predicted octanol–water partition coefficient (Wildman–Crippen LogP) is 1.25. The van der Waals surface area contributed by atoms with E-state index < -0.39 is 0 Å². The molecule has 1 nitrogen and oxygen atoms in total. The molecule has 0 aliphatic heterocycles. The molecule has 1 unspecified atom stereocenters. The van der Waals surface area contributed by atoms with Gasteiger partial charge in [0.25, 0.3) is 0 Å². The first-order valence-corrected chi connectivity index (χ1v) is 4.51. The Kier molecular flexibility index (Phi) is 3.45. The fourth-order valence-electron chi connectivity index (χ4n) is 0.226. The van der Waals surface area contributed by atoms with Crippen molar-refractivity contribution < 1.29 is 0 Å². The normalized spacial score (nSPS) is 16.8. The molecular formula is C6H11NTe. The van der Waals surface area contributed by atoms with Gasteiger partial charge >= 0.3 is 63.8 Å². The van der Waals surface area contributed by atoms with Gasteiger partial charge in [0.15, 0.2) is 0 Å². The minimum atomic E-state index is -0.0472. The van der Waals surface area contributed by atoms with E-state index in [9.17, 15) is 0 Å². The molecule has 2 heteroatoms. The van der Waals surface area contributed by atoms with Crippen LogP contribution in [0.1, 0.15) is 20.3 Å². The molecule has 0 bridgehead atoms. The van der Waals surface area contributed by atoms with Crippen molar-refractivity contribution in [1.29, 1.82) is 5.26 Å².